The van der Waals surface area contributed by atoms with Gasteiger partial charge in [-0.3, -0.25) is 0 Å². The Balaban J connectivity index is 0.00000196. The number of carboxylic acids is 1. The van der Waals surface area contributed by atoms with Crippen LogP contribution in [0, 0.1) is 5.92 Å². The zero-order valence-corrected chi connectivity index (χ0v) is 10.9. The maximum atomic E-state index is 10.7. The molecule has 0 spiro atoms. The summed E-state index contributed by atoms with van der Waals surface area (Å²) < 4.78 is 0. The van der Waals surface area contributed by atoms with Gasteiger partial charge < -0.3 is 20.1 Å². The van der Waals surface area contributed by atoms with Crippen molar-refractivity contribution in [1.29, 1.82) is 0 Å². The summed E-state index contributed by atoms with van der Waals surface area (Å²) in [5.41, 5.74) is 0.575. The van der Waals surface area contributed by atoms with Crippen molar-refractivity contribution >= 4 is 5.97 Å². The first-order valence-electron chi connectivity index (χ1n) is 4.51. The van der Waals surface area contributed by atoms with E-state index in [2.05, 4.69) is 0 Å². The standard InChI is InChI=1S/C10H14O4.Na/c1-2-8(9(11)12)7-3-5-10(13,14)6-4-7;/h3-5,8,13-14H,2,6H2,1H3,(H,11,12);/q;+1/p-1. The number of carbonyl (C=O) groups excluding carboxylic acids is 1. The molecule has 0 bridgehead atoms. The van der Waals surface area contributed by atoms with Crippen LogP contribution < -0.4 is 34.7 Å². The number of rotatable bonds is 3. The Kier molecular flexibility index (Phi) is 5.77. The summed E-state index contributed by atoms with van der Waals surface area (Å²) in [6.45, 7) is 1.74. The monoisotopic (exact) mass is 220 g/mol. The second-order valence-corrected chi connectivity index (χ2v) is 3.40. The van der Waals surface area contributed by atoms with Crippen LogP contribution in [0.1, 0.15) is 19.8 Å². The van der Waals surface area contributed by atoms with Crippen LogP contribution in [0.3, 0.4) is 0 Å². The fraction of sp³-hybridized carbons (Fsp3) is 0.500. The van der Waals surface area contributed by atoms with Gasteiger partial charge in [-0.25, -0.2) is 0 Å². The summed E-state index contributed by atoms with van der Waals surface area (Å²) in [5, 5.41) is 29.0. The number of aliphatic carboxylic acids is 1. The molecule has 0 aromatic heterocycles. The first-order valence-corrected chi connectivity index (χ1v) is 4.51. The van der Waals surface area contributed by atoms with Gasteiger partial charge in [-0.2, -0.15) is 0 Å². The third-order valence-corrected chi connectivity index (χ3v) is 2.28. The minimum atomic E-state index is -1.84. The number of aliphatic hydroxyl groups is 2. The summed E-state index contributed by atoms with van der Waals surface area (Å²) in [5.74, 6) is -3.64. The minimum absolute atomic E-state index is 0. The van der Waals surface area contributed by atoms with E-state index in [-0.39, 0.29) is 36.0 Å². The van der Waals surface area contributed by atoms with Crippen LogP contribution in [-0.2, 0) is 4.79 Å². The molecule has 78 valence electrons. The van der Waals surface area contributed by atoms with Crippen LogP contribution in [0.5, 0.6) is 0 Å². The molecule has 1 unspecified atom stereocenters. The molecule has 1 aliphatic rings. The predicted molar refractivity (Wildman–Crippen MR) is 47.8 cm³/mol. The summed E-state index contributed by atoms with van der Waals surface area (Å²) in [4.78, 5) is 10.7. The quantitative estimate of drug-likeness (QED) is 0.379. The van der Waals surface area contributed by atoms with E-state index in [1.54, 1.807) is 6.92 Å². The zero-order chi connectivity index (χ0) is 10.8. The summed E-state index contributed by atoms with van der Waals surface area (Å²) in [7, 11) is 0. The normalized spacial score (nSPS) is 20.1. The van der Waals surface area contributed by atoms with Crippen molar-refractivity contribution in [2.75, 3.05) is 0 Å². The minimum Gasteiger partial charge on any atom is -0.549 e. The summed E-state index contributed by atoms with van der Waals surface area (Å²) in [6.07, 6.45) is 4.58. The number of hydrogen-bond acceptors (Lipinski definition) is 4. The molecule has 1 aliphatic carbocycles. The fourth-order valence-electron chi connectivity index (χ4n) is 1.43. The Hall–Kier alpha value is -0.130. The van der Waals surface area contributed by atoms with Gasteiger partial charge in [-0.1, -0.05) is 19.1 Å². The first kappa shape index (κ1) is 14.9. The van der Waals surface area contributed by atoms with Gasteiger partial charge in [0.05, 0.1) is 0 Å². The average Bonchev–Trinajstić information content (AvgIpc) is 2.08. The van der Waals surface area contributed by atoms with E-state index >= 15 is 0 Å². The fourth-order valence-corrected chi connectivity index (χ4v) is 1.43. The van der Waals surface area contributed by atoms with Crippen molar-refractivity contribution in [1.82, 2.24) is 0 Å². The van der Waals surface area contributed by atoms with Gasteiger partial charge in [-0.15, -0.1) is 0 Å². The molecule has 1 rings (SSSR count). The van der Waals surface area contributed by atoms with Crippen LogP contribution in [-0.4, -0.2) is 22.0 Å². The Morgan fingerprint density at radius 2 is 2.27 bits per heavy atom. The van der Waals surface area contributed by atoms with Gasteiger partial charge in [0.15, 0.2) is 5.79 Å². The molecule has 15 heavy (non-hydrogen) atoms. The van der Waals surface area contributed by atoms with E-state index in [4.69, 9.17) is 10.2 Å². The van der Waals surface area contributed by atoms with Gasteiger partial charge >= 0.3 is 29.6 Å². The largest absolute Gasteiger partial charge is 1.00 e. The van der Waals surface area contributed by atoms with Gasteiger partial charge in [0, 0.05) is 18.3 Å². The molecule has 0 aromatic carbocycles. The van der Waals surface area contributed by atoms with Gasteiger partial charge in [0.1, 0.15) is 0 Å². The molecule has 1 atom stereocenters. The topological polar surface area (TPSA) is 80.6 Å². The second kappa shape index (κ2) is 5.82. The Bertz CT molecular complexity index is 294. The van der Waals surface area contributed by atoms with Crippen LogP contribution in [0.2, 0.25) is 0 Å². The van der Waals surface area contributed by atoms with E-state index in [1.807, 2.05) is 0 Å². The van der Waals surface area contributed by atoms with Crippen LogP contribution >= 0.6 is 0 Å². The van der Waals surface area contributed by atoms with E-state index in [0.717, 1.165) is 0 Å². The van der Waals surface area contributed by atoms with Gasteiger partial charge in [-0.05, 0) is 18.1 Å². The average molecular weight is 220 g/mol. The number of allylic oxidation sites excluding steroid dienone is 1. The van der Waals surface area contributed by atoms with E-state index < -0.39 is 17.7 Å². The zero-order valence-electron chi connectivity index (χ0n) is 8.93. The van der Waals surface area contributed by atoms with Crippen LogP contribution in [0.15, 0.2) is 23.8 Å². The van der Waals surface area contributed by atoms with E-state index in [1.165, 1.54) is 18.2 Å². The molecule has 5 heteroatoms. The molecule has 4 nitrogen and oxygen atoms in total. The smallest absolute Gasteiger partial charge is 0.549 e. The Morgan fingerprint density at radius 1 is 1.67 bits per heavy atom. The predicted octanol–water partition coefficient (Wildman–Crippen LogP) is -3.67. The molecule has 0 aromatic rings. The third-order valence-electron chi connectivity index (χ3n) is 2.28. The van der Waals surface area contributed by atoms with Crippen molar-refractivity contribution in [2.24, 2.45) is 5.92 Å². The van der Waals surface area contributed by atoms with Gasteiger partial charge in [0.2, 0.25) is 0 Å². The Morgan fingerprint density at radius 3 is 2.60 bits per heavy atom. The van der Waals surface area contributed by atoms with Crippen LogP contribution in [0.4, 0.5) is 0 Å². The Labute approximate surface area is 111 Å². The van der Waals surface area contributed by atoms with Crippen molar-refractivity contribution in [3.8, 4) is 0 Å². The summed E-state index contributed by atoms with van der Waals surface area (Å²) >= 11 is 0. The molecule has 2 N–H and O–H groups in total. The number of carboxylic acid groups (broad SMARTS) is 1. The molecular weight excluding hydrogens is 207 g/mol. The molecule has 0 saturated heterocycles. The molecule has 0 amide bonds. The molecule has 0 fully saturated rings. The third kappa shape index (κ3) is 4.09. The molecule has 0 aliphatic heterocycles. The van der Waals surface area contributed by atoms with Crippen molar-refractivity contribution < 1.29 is 49.7 Å². The maximum absolute atomic E-state index is 10.7. The maximum Gasteiger partial charge on any atom is 1.00 e. The number of carbonyl (C=O) groups is 1. The van der Waals surface area contributed by atoms with Crippen molar-refractivity contribution in [3.05, 3.63) is 23.8 Å². The molecule has 0 heterocycles. The van der Waals surface area contributed by atoms with E-state index in [9.17, 15) is 9.90 Å². The van der Waals surface area contributed by atoms with Crippen molar-refractivity contribution in [2.45, 2.75) is 25.6 Å². The first-order chi connectivity index (χ1) is 6.46. The van der Waals surface area contributed by atoms with Crippen LogP contribution in [0.25, 0.3) is 0 Å². The number of hydrogen-bond donors (Lipinski definition) is 2. The summed E-state index contributed by atoms with van der Waals surface area (Å²) in [6, 6.07) is 0. The molecule has 0 saturated carbocycles. The molecule has 0 radical (unpaired) electrons. The van der Waals surface area contributed by atoms with Gasteiger partial charge in [0.25, 0.3) is 0 Å². The second-order valence-electron chi connectivity index (χ2n) is 3.40. The SMILES string of the molecule is CCC(C(=O)[O-])C1=CCC(O)(O)C=C1.[Na+]. The van der Waals surface area contributed by atoms with E-state index in [0.29, 0.717) is 12.0 Å². The van der Waals surface area contributed by atoms with Crippen molar-refractivity contribution in [3.63, 3.8) is 0 Å². The molecular formula is C10H13NaO4.